The number of ether oxygens (including phenoxy) is 1. The molecule has 3 rings (SSSR count). The number of rotatable bonds is 20. The maximum Gasteiger partial charge on any atom is 0.326 e. The van der Waals surface area contributed by atoms with E-state index in [2.05, 4.69) is 25.3 Å². The number of aromatic nitrogens is 4. The van der Waals surface area contributed by atoms with Crippen molar-refractivity contribution in [1.82, 2.24) is 25.3 Å². The highest BCUT2D eigenvalue weighted by Crippen LogP contribution is 2.11. The highest BCUT2D eigenvalue weighted by atomic mass is 16.5. The number of ketones is 2. The van der Waals surface area contributed by atoms with Gasteiger partial charge in [-0.15, -0.1) is 0 Å². The molecule has 1 atom stereocenters. The number of nitrogens with one attached hydrogen (secondary N) is 2. The third-order valence-corrected chi connectivity index (χ3v) is 6.89. The van der Waals surface area contributed by atoms with Crippen molar-refractivity contribution < 1.29 is 38.9 Å². The molecule has 0 aliphatic carbocycles. The van der Waals surface area contributed by atoms with Crippen LogP contribution in [0.15, 0.2) is 35.3 Å². The van der Waals surface area contributed by atoms with Gasteiger partial charge in [0, 0.05) is 44.5 Å². The van der Waals surface area contributed by atoms with Crippen LogP contribution in [0, 0.1) is 6.92 Å². The molecule has 0 saturated carbocycles. The molecule has 2 aromatic heterocycles. The van der Waals surface area contributed by atoms with E-state index in [9.17, 15) is 33.9 Å². The van der Waals surface area contributed by atoms with Crippen molar-refractivity contribution in [2.24, 2.45) is 0 Å². The smallest absolute Gasteiger partial charge is 0.326 e. The van der Waals surface area contributed by atoms with Crippen molar-refractivity contribution in [2.75, 3.05) is 13.2 Å². The van der Waals surface area contributed by atoms with Crippen LogP contribution in [0.25, 0.3) is 11.2 Å². The molecule has 45 heavy (non-hydrogen) atoms. The average Bonchev–Trinajstić information content (AvgIpc) is 3.00. The lowest BCUT2D eigenvalue weighted by atomic mass is 10.0. The van der Waals surface area contributed by atoms with Crippen LogP contribution >= 0.6 is 0 Å². The number of hydrogen-bond acceptors (Lipinski definition) is 10. The Morgan fingerprint density at radius 3 is 2.20 bits per heavy atom. The minimum Gasteiger partial charge on any atom is -0.481 e. The highest BCUT2D eigenvalue weighted by molar-refractivity contribution is 5.96. The second-order valence-electron chi connectivity index (χ2n) is 10.6. The minimum absolute atomic E-state index is 0.00148. The van der Waals surface area contributed by atoms with E-state index in [1.165, 1.54) is 0 Å². The summed E-state index contributed by atoms with van der Waals surface area (Å²) in [5.41, 5.74) is 1.88. The summed E-state index contributed by atoms with van der Waals surface area (Å²) < 4.78 is 5.40. The number of fused-ring (bicyclic) bond motifs is 1. The number of carboxylic acids is 2. The van der Waals surface area contributed by atoms with E-state index in [1.54, 1.807) is 37.4 Å². The van der Waals surface area contributed by atoms with Crippen molar-refractivity contribution in [1.29, 1.82) is 0 Å². The molecule has 0 saturated heterocycles. The van der Waals surface area contributed by atoms with Gasteiger partial charge in [0.05, 0.1) is 18.3 Å². The molecule has 0 aliphatic heterocycles. The fourth-order valence-corrected chi connectivity index (χ4v) is 4.42. The quantitative estimate of drug-likeness (QED) is 0.133. The number of benzene rings is 1. The zero-order chi connectivity index (χ0) is 32.8. The fourth-order valence-electron chi connectivity index (χ4n) is 4.42. The number of nitrogens with zero attached hydrogens (tertiary/aromatic N) is 3. The lowest BCUT2D eigenvalue weighted by Crippen LogP contribution is -2.41. The lowest BCUT2D eigenvalue weighted by molar-refractivity contribution is -0.140. The molecule has 14 heteroatoms. The molecule has 1 amide bonds. The van der Waals surface area contributed by atoms with E-state index >= 15 is 0 Å². The van der Waals surface area contributed by atoms with Gasteiger partial charge in [0.2, 0.25) is 0 Å². The predicted molar refractivity (Wildman–Crippen MR) is 161 cm³/mol. The van der Waals surface area contributed by atoms with Crippen LogP contribution in [-0.2, 0) is 36.8 Å². The molecular weight excluding hydrogens is 586 g/mol. The van der Waals surface area contributed by atoms with Crippen LogP contribution in [0.5, 0.6) is 0 Å². The van der Waals surface area contributed by atoms with Crippen LogP contribution in [0.2, 0.25) is 0 Å². The van der Waals surface area contributed by atoms with Gasteiger partial charge >= 0.3 is 11.9 Å². The van der Waals surface area contributed by atoms with E-state index in [1.807, 2.05) is 0 Å². The molecule has 1 unspecified atom stereocenters. The zero-order valence-corrected chi connectivity index (χ0v) is 25.0. The number of H-pyrrole nitrogens is 1. The Labute approximate surface area is 258 Å². The summed E-state index contributed by atoms with van der Waals surface area (Å²) in [7, 11) is 0. The zero-order valence-electron chi connectivity index (χ0n) is 25.0. The summed E-state index contributed by atoms with van der Waals surface area (Å²) >= 11 is 0. The minimum atomic E-state index is -1.24. The monoisotopic (exact) mass is 623 g/mol. The van der Waals surface area contributed by atoms with Gasteiger partial charge in [-0.2, -0.15) is 0 Å². The first-order chi connectivity index (χ1) is 21.5. The molecule has 0 spiro atoms. The van der Waals surface area contributed by atoms with Crippen LogP contribution in [0.3, 0.4) is 0 Å². The first-order valence-corrected chi connectivity index (χ1v) is 14.7. The van der Waals surface area contributed by atoms with Gasteiger partial charge in [0.25, 0.3) is 11.5 Å². The fraction of sp³-hybridized carbons (Fsp3) is 0.452. The van der Waals surface area contributed by atoms with Crippen LogP contribution < -0.4 is 10.9 Å². The van der Waals surface area contributed by atoms with Crippen LogP contribution in [0.1, 0.15) is 78.8 Å². The van der Waals surface area contributed by atoms with Crippen molar-refractivity contribution in [2.45, 2.75) is 77.2 Å². The molecule has 3 aromatic rings. The topological polar surface area (TPSA) is 219 Å². The first kappa shape index (κ1) is 34.6. The average molecular weight is 624 g/mol. The standard InChI is InChI=1S/C31H37N5O9/c1-19-33-28-27(30(42)34-19)35-22(18-32-28)11-8-20-6-9-21(10-7-20)29(41)36-25(31(43)44)14-12-23(37)4-2-16-45-17-3-5-24(38)13-15-26(39)40/h6-7,9-10,18,25H,2-5,8,11-17H2,1H3,(H,36,41)(H,39,40)(H,43,44)(H,32,33,34,42). The third kappa shape index (κ3) is 12.0. The van der Waals surface area contributed by atoms with Crippen molar-refractivity contribution in [3.63, 3.8) is 0 Å². The number of aliphatic carboxylic acids is 2. The van der Waals surface area contributed by atoms with Gasteiger partial charge in [0.15, 0.2) is 11.2 Å². The Morgan fingerprint density at radius 2 is 1.56 bits per heavy atom. The Morgan fingerprint density at radius 1 is 0.889 bits per heavy atom. The molecule has 4 N–H and O–H groups in total. The molecule has 0 fully saturated rings. The summed E-state index contributed by atoms with van der Waals surface area (Å²) in [5.74, 6) is -2.65. The van der Waals surface area contributed by atoms with Gasteiger partial charge in [-0.05, 0) is 56.7 Å². The Kier molecular flexibility index (Phi) is 13.4. The van der Waals surface area contributed by atoms with E-state index in [4.69, 9.17) is 9.84 Å². The number of Topliss-reactive ketones (excluding diaryl/α,β-unsaturated/α-hetero) is 2. The second kappa shape index (κ2) is 17.4. The number of carbonyl (C=O) groups is 5. The molecule has 0 aliphatic rings. The molecule has 2 heterocycles. The van der Waals surface area contributed by atoms with Crippen molar-refractivity contribution in [3.05, 3.63) is 63.5 Å². The summed E-state index contributed by atoms with van der Waals surface area (Å²) in [6.45, 7) is 2.29. The molecule has 1 aromatic carbocycles. The van der Waals surface area contributed by atoms with Crippen molar-refractivity contribution in [3.8, 4) is 0 Å². The van der Waals surface area contributed by atoms with Gasteiger partial charge in [-0.25, -0.2) is 19.7 Å². The van der Waals surface area contributed by atoms with Gasteiger partial charge in [-0.3, -0.25) is 24.0 Å². The summed E-state index contributed by atoms with van der Waals surface area (Å²) in [6, 6.07) is 5.44. The number of carbonyl (C=O) groups excluding carboxylic acids is 3. The Balaban J connectivity index is 1.36. The largest absolute Gasteiger partial charge is 0.481 e. The second-order valence-corrected chi connectivity index (χ2v) is 10.6. The number of amides is 1. The highest BCUT2D eigenvalue weighted by Gasteiger charge is 2.22. The Hall–Kier alpha value is -4.85. The maximum absolute atomic E-state index is 12.7. The normalized spacial score (nSPS) is 11.7. The van der Waals surface area contributed by atoms with Crippen molar-refractivity contribution >= 4 is 40.6 Å². The SMILES string of the molecule is Cc1nc2ncc(CCc3ccc(C(=O)NC(CCC(=O)CCCOCCCC(=O)CCC(=O)O)C(=O)O)cc3)nc2c(=O)[nH]1. The molecule has 0 radical (unpaired) electrons. The number of hydrogen-bond donors (Lipinski definition) is 4. The molecule has 0 bridgehead atoms. The molecule has 14 nitrogen and oxygen atoms in total. The molecule has 240 valence electrons. The first-order valence-electron chi connectivity index (χ1n) is 14.7. The number of aromatic amines is 1. The number of carboxylic acid groups (broad SMARTS) is 2. The third-order valence-electron chi connectivity index (χ3n) is 6.89. The Bertz CT molecular complexity index is 1570. The summed E-state index contributed by atoms with van der Waals surface area (Å²) in [4.78, 5) is 86.1. The van der Waals surface area contributed by atoms with E-state index in [0.717, 1.165) is 5.56 Å². The van der Waals surface area contributed by atoms with Gasteiger partial charge in [-0.1, -0.05) is 12.1 Å². The van der Waals surface area contributed by atoms with Gasteiger partial charge in [0.1, 0.15) is 23.4 Å². The summed E-state index contributed by atoms with van der Waals surface area (Å²) in [6.07, 6.45) is 3.72. The van der Waals surface area contributed by atoms with Crippen LogP contribution in [-0.4, -0.2) is 78.8 Å². The number of aryl methyl sites for hydroxylation is 3. The van der Waals surface area contributed by atoms with E-state index in [0.29, 0.717) is 50.4 Å². The van der Waals surface area contributed by atoms with E-state index < -0.39 is 23.9 Å². The summed E-state index contributed by atoms with van der Waals surface area (Å²) in [5, 5.41) is 20.6. The predicted octanol–water partition coefficient (Wildman–Crippen LogP) is 2.35. The molecular formula is C31H37N5O9. The van der Waals surface area contributed by atoms with E-state index in [-0.39, 0.29) is 72.4 Å². The lowest BCUT2D eigenvalue weighted by Gasteiger charge is -2.14. The van der Waals surface area contributed by atoms with Crippen LogP contribution in [0.4, 0.5) is 0 Å². The van der Waals surface area contributed by atoms with Gasteiger partial charge < -0.3 is 25.3 Å². The maximum atomic E-state index is 12.7.